The Morgan fingerprint density at radius 1 is 0.682 bits per heavy atom. The number of rotatable bonds is 3. The average molecular weight is 340 g/mol. The molecule has 1 saturated heterocycles. The maximum absolute atomic E-state index is 2.56. The lowest BCUT2D eigenvalue weighted by Crippen LogP contribution is -2.27. The monoisotopic (exact) mass is 340 g/mol. The lowest BCUT2D eigenvalue weighted by atomic mass is 9.99. The molecule has 0 spiro atoms. The van der Waals surface area contributed by atoms with Crippen LogP contribution in [0.15, 0.2) is 0 Å². The van der Waals surface area contributed by atoms with Crippen LogP contribution in [-0.2, 0) is 0 Å². The van der Waals surface area contributed by atoms with Crippen molar-refractivity contribution < 1.29 is 0 Å². The first-order valence-electron chi connectivity index (χ1n) is 10.1. The molecule has 2 aliphatic carbocycles. The second kappa shape index (κ2) is 7.83. The van der Waals surface area contributed by atoms with Gasteiger partial charge in [-0.3, -0.25) is 0 Å². The number of hydrogen-bond donors (Lipinski definition) is 0. The summed E-state index contributed by atoms with van der Waals surface area (Å²) in [5.74, 6) is 0. The molecule has 3 aliphatic rings. The van der Waals surface area contributed by atoms with Gasteiger partial charge in [0.2, 0.25) is 0 Å². The Hall–Kier alpha value is 0.860. The van der Waals surface area contributed by atoms with Crippen molar-refractivity contribution >= 4 is 15.8 Å². The van der Waals surface area contributed by atoms with Crippen LogP contribution in [-0.4, -0.2) is 28.0 Å². The van der Waals surface area contributed by atoms with Crippen molar-refractivity contribution in [3.8, 4) is 0 Å². The number of hydrogen-bond acceptors (Lipinski definition) is 0. The van der Waals surface area contributed by atoms with Crippen LogP contribution in [0.1, 0.15) is 97.8 Å². The summed E-state index contributed by atoms with van der Waals surface area (Å²) in [6.07, 6.45) is 20.5. The smallest absolute Gasteiger partial charge is 0.000395 e. The van der Waals surface area contributed by atoms with E-state index in [4.69, 9.17) is 0 Å². The van der Waals surface area contributed by atoms with Crippen molar-refractivity contribution in [3.63, 3.8) is 0 Å². The second-order valence-electron chi connectivity index (χ2n) is 9.02. The fourth-order valence-electron chi connectivity index (χ4n) is 5.38. The van der Waals surface area contributed by atoms with Gasteiger partial charge in [-0.1, -0.05) is 75.1 Å². The van der Waals surface area contributed by atoms with E-state index in [0.29, 0.717) is 21.0 Å². The Morgan fingerprint density at radius 2 is 1.18 bits per heavy atom. The Balaban J connectivity index is 1.80. The molecule has 0 amide bonds. The van der Waals surface area contributed by atoms with Gasteiger partial charge in [0, 0.05) is 5.40 Å². The van der Waals surface area contributed by atoms with Crippen molar-refractivity contribution in [1.82, 2.24) is 0 Å². The van der Waals surface area contributed by atoms with Crippen LogP contribution in [0.25, 0.3) is 0 Å². The molecule has 0 aromatic rings. The molecular formula is C20H38P2. The maximum atomic E-state index is 2.56. The summed E-state index contributed by atoms with van der Waals surface area (Å²) in [6.45, 7) is 7.69. The molecule has 128 valence electrons. The molecule has 2 saturated carbocycles. The van der Waals surface area contributed by atoms with Crippen LogP contribution < -0.4 is 0 Å². The van der Waals surface area contributed by atoms with Crippen LogP contribution >= 0.6 is 15.8 Å². The molecule has 22 heavy (non-hydrogen) atoms. The molecule has 3 fully saturated rings. The largest absolute Gasteiger partial charge is 0.0936 e. The third-order valence-electron chi connectivity index (χ3n) is 6.42. The molecule has 0 bridgehead atoms. The van der Waals surface area contributed by atoms with Crippen LogP contribution in [0.3, 0.4) is 0 Å². The molecule has 2 atom stereocenters. The van der Waals surface area contributed by atoms with Gasteiger partial charge >= 0.3 is 0 Å². The third kappa shape index (κ3) is 4.09. The summed E-state index contributed by atoms with van der Waals surface area (Å²) >= 11 is 0. The van der Waals surface area contributed by atoms with E-state index in [1.165, 1.54) is 29.6 Å². The molecule has 0 N–H and O–H groups in total. The summed E-state index contributed by atoms with van der Waals surface area (Å²) in [5, 5.41) is 1.80. The molecular weight excluding hydrogens is 302 g/mol. The van der Waals surface area contributed by atoms with Crippen molar-refractivity contribution in [1.29, 1.82) is 0 Å². The highest BCUT2D eigenvalue weighted by atomic mass is 31.2. The normalized spacial score (nSPS) is 32.7. The minimum Gasteiger partial charge on any atom is -0.0936 e. The fourth-order valence-corrected chi connectivity index (χ4v) is 16.0. The molecule has 0 radical (unpaired) electrons. The van der Waals surface area contributed by atoms with E-state index >= 15 is 0 Å². The van der Waals surface area contributed by atoms with E-state index in [1.807, 2.05) is 0 Å². The lowest BCUT2D eigenvalue weighted by Gasteiger charge is -2.46. The minimum absolute atomic E-state index is 0.290. The minimum atomic E-state index is 0.290. The SMILES string of the molecule is CC(C)(C)[P@]1CCC[C@@H]1P(C1CCCCC1)C1CCCCC1. The first-order chi connectivity index (χ1) is 10.6. The lowest BCUT2D eigenvalue weighted by molar-refractivity contribution is 0.483. The highest BCUT2D eigenvalue weighted by Gasteiger charge is 2.44. The van der Waals surface area contributed by atoms with Gasteiger partial charge in [0.05, 0.1) is 0 Å². The van der Waals surface area contributed by atoms with E-state index < -0.39 is 0 Å². The maximum Gasteiger partial charge on any atom is 0.000395 e. The molecule has 0 unspecified atom stereocenters. The van der Waals surface area contributed by atoms with Gasteiger partial charge in [0.25, 0.3) is 0 Å². The van der Waals surface area contributed by atoms with Gasteiger partial charge in [-0.25, -0.2) is 0 Å². The summed E-state index contributed by atoms with van der Waals surface area (Å²) in [7, 11) is 0.617. The predicted molar refractivity (Wildman–Crippen MR) is 105 cm³/mol. The third-order valence-corrected chi connectivity index (χ3v) is 15.2. The van der Waals surface area contributed by atoms with Crippen molar-refractivity contribution in [2.75, 3.05) is 6.16 Å². The molecule has 3 rings (SSSR count). The first-order valence-corrected chi connectivity index (χ1v) is 13.3. The molecule has 1 aliphatic heterocycles. The molecule has 1 heterocycles. The summed E-state index contributed by atoms with van der Waals surface area (Å²) in [4.78, 5) is 0. The van der Waals surface area contributed by atoms with Crippen molar-refractivity contribution in [3.05, 3.63) is 0 Å². The van der Waals surface area contributed by atoms with E-state index in [2.05, 4.69) is 20.8 Å². The van der Waals surface area contributed by atoms with Crippen molar-refractivity contribution in [2.45, 2.75) is 120 Å². The van der Waals surface area contributed by atoms with Gasteiger partial charge in [-0.15, -0.1) is 0 Å². The molecule has 2 heteroatoms. The van der Waals surface area contributed by atoms with Crippen LogP contribution in [0.2, 0.25) is 0 Å². The molecule has 0 aromatic carbocycles. The molecule has 0 nitrogen and oxygen atoms in total. The van der Waals surface area contributed by atoms with Crippen LogP contribution in [0.4, 0.5) is 0 Å². The van der Waals surface area contributed by atoms with Crippen LogP contribution in [0, 0.1) is 0 Å². The highest BCUT2D eigenvalue weighted by molar-refractivity contribution is 7.77. The van der Waals surface area contributed by atoms with Gasteiger partial charge < -0.3 is 0 Å². The zero-order chi connectivity index (χ0) is 15.6. The average Bonchev–Trinajstić information content (AvgIpc) is 2.99. The Bertz CT molecular complexity index is 316. The fraction of sp³-hybridized carbons (Fsp3) is 1.00. The van der Waals surface area contributed by atoms with E-state index in [9.17, 15) is 0 Å². The van der Waals surface area contributed by atoms with Gasteiger partial charge in [-0.2, -0.15) is 0 Å². The zero-order valence-corrected chi connectivity index (χ0v) is 17.1. The predicted octanol–water partition coefficient (Wildman–Crippen LogP) is 7.53. The van der Waals surface area contributed by atoms with Crippen LogP contribution in [0.5, 0.6) is 0 Å². The van der Waals surface area contributed by atoms with Gasteiger partial charge in [-0.05, 0) is 61.2 Å². The van der Waals surface area contributed by atoms with Gasteiger partial charge in [0.1, 0.15) is 0 Å². The summed E-state index contributed by atoms with van der Waals surface area (Å²) in [6, 6.07) is 0. The first kappa shape index (κ1) is 17.7. The highest BCUT2D eigenvalue weighted by Crippen LogP contribution is 2.74. The second-order valence-corrected chi connectivity index (χ2v) is 15.8. The van der Waals surface area contributed by atoms with E-state index in [1.54, 1.807) is 70.4 Å². The molecule has 0 aromatic heterocycles. The zero-order valence-electron chi connectivity index (χ0n) is 15.3. The standard InChI is InChI=1S/C20H38P2/c1-20(2,3)21-16-10-15-19(21)22(17-11-6-4-7-12-17)18-13-8-5-9-14-18/h17-19H,4-16H2,1-3H3/t19-,21+/m0/s1. The summed E-state index contributed by atoms with van der Waals surface area (Å²) < 4.78 is 0. The topological polar surface area (TPSA) is 0 Å². The quantitative estimate of drug-likeness (QED) is 0.466. The van der Waals surface area contributed by atoms with E-state index in [0.717, 1.165) is 0 Å². The Morgan fingerprint density at radius 3 is 1.64 bits per heavy atom. The van der Waals surface area contributed by atoms with Gasteiger partial charge in [0.15, 0.2) is 0 Å². The van der Waals surface area contributed by atoms with E-state index in [-0.39, 0.29) is 0 Å². The Kier molecular flexibility index (Phi) is 6.29. The summed E-state index contributed by atoms with van der Waals surface area (Å²) in [5.41, 5.74) is 2.34. The Labute approximate surface area is 142 Å². The van der Waals surface area contributed by atoms with Crippen molar-refractivity contribution in [2.24, 2.45) is 0 Å².